The van der Waals surface area contributed by atoms with Crippen LogP contribution >= 0.6 is 0 Å². The molecular weight excluding hydrogens is 454 g/mol. The Morgan fingerprint density at radius 2 is 1.73 bits per heavy atom. The predicted molar refractivity (Wildman–Crippen MR) is 156 cm³/mol. The summed E-state index contributed by atoms with van der Waals surface area (Å²) in [6.45, 7) is 12.0. The van der Waals surface area contributed by atoms with Crippen molar-refractivity contribution in [3.05, 3.63) is 47.5 Å². The number of likely N-dealkylation sites (tertiary alicyclic amines) is 1. The van der Waals surface area contributed by atoms with Crippen molar-refractivity contribution in [3.8, 4) is 17.0 Å². The lowest BCUT2D eigenvalue weighted by Crippen LogP contribution is -2.38. The molecule has 0 atom stereocenters. The number of aryl methyl sites for hydroxylation is 1. The quantitative estimate of drug-likeness (QED) is 0.331. The molecule has 1 saturated carbocycles. The van der Waals surface area contributed by atoms with E-state index in [1.54, 1.807) is 5.56 Å². The van der Waals surface area contributed by atoms with Gasteiger partial charge in [0.05, 0.1) is 17.9 Å². The van der Waals surface area contributed by atoms with Crippen LogP contribution in [0, 0.1) is 6.92 Å². The van der Waals surface area contributed by atoms with Gasteiger partial charge in [-0.1, -0.05) is 50.8 Å². The van der Waals surface area contributed by atoms with Crippen molar-refractivity contribution in [1.29, 1.82) is 0 Å². The molecule has 2 aromatic carbocycles. The molecule has 3 aliphatic rings. The number of fused-ring (bicyclic) bond motifs is 5. The number of benzene rings is 2. The summed E-state index contributed by atoms with van der Waals surface area (Å²) in [6, 6.07) is 14.1. The molecule has 0 N–H and O–H groups in total. The summed E-state index contributed by atoms with van der Waals surface area (Å²) in [7, 11) is 0. The highest BCUT2D eigenvalue weighted by Gasteiger charge is 2.30. The average molecular weight is 500 g/mol. The fourth-order valence-electron chi connectivity index (χ4n) is 7.23. The summed E-state index contributed by atoms with van der Waals surface area (Å²) in [6.07, 6.45) is 12.0. The molecule has 3 aromatic rings. The highest BCUT2D eigenvalue weighted by atomic mass is 16.5. The second kappa shape index (κ2) is 11.1. The lowest BCUT2D eigenvalue weighted by atomic mass is 9.81. The number of piperidine rings is 1. The first kappa shape index (κ1) is 24.9. The molecule has 4 nitrogen and oxygen atoms in total. The van der Waals surface area contributed by atoms with Crippen molar-refractivity contribution < 1.29 is 4.74 Å². The summed E-state index contributed by atoms with van der Waals surface area (Å²) in [4.78, 5) is 5.27. The Balaban J connectivity index is 1.45. The molecule has 0 bridgehead atoms. The molecule has 198 valence electrons. The van der Waals surface area contributed by atoms with E-state index in [0.29, 0.717) is 5.92 Å². The Kier molecular flexibility index (Phi) is 7.46. The second-order valence-electron chi connectivity index (χ2n) is 11.7. The van der Waals surface area contributed by atoms with E-state index in [-0.39, 0.29) is 0 Å². The van der Waals surface area contributed by atoms with E-state index < -0.39 is 0 Å². The van der Waals surface area contributed by atoms with E-state index in [1.165, 1.54) is 97.9 Å². The molecule has 3 heterocycles. The number of aromatic nitrogens is 1. The Hall–Kier alpha value is -2.46. The maximum Gasteiger partial charge on any atom is 0.152 e. The number of nitrogens with zero attached hydrogens (tertiary/aromatic N) is 3. The highest BCUT2D eigenvalue weighted by Crippen LogP contribution is 2.49. The predicted octanol–water partition coefficient (Wildman–Crippen LogP) is 7.76. The van der Waals surface area contributed by atoms with Gasteiger partial charge in [-0.3, -0.25) is 0 Å². The Morgan fingerprint density at radius 3 is 2.54 bits per heavy atom. The van der Waals surface area contributed by atoms with Crippen LogP contribution in [0.4, 0.5) is 5.69 Å². The Morgan fingerprint density at radius 1 is 0.919 bits per heavy atom. The third-order valence-corrected chi connectivity index (χ3v) is 9.05. The van der Waals surface area contributed by atoms with Gasteiger partial charge in [0.15, 0.2) is 5.75 Å². The maximum absolute atomic E-state index is 6.68. The number of para-hydroxylation sites is 1. The van der Waals surface area contributed by atoms with Gasteiger partial charge in [0, 0.05) is 36.1 Å². The molecule has 2 fully saturated rings. The molecule has 1 aliphatic carbocycles. The number of hydrogen-bond donors (Lipinski definition) is 0. The molecule has 6 rings (SSSR count). The van der Waals surface area contributed by atoms with Crippen LogP contribution in [0.2, 0.25) is 0 Å². The molecule has 0 unspecified atom stereocenters. The van der Waals surface area contributed by atoms with Crippen LogP contribution in [0.25, 0.3) is 22.2 Å². The molecule has 2 aliphatic heterocycles. The summed E-state index contributed by atoms with van der Waals surface area (Å²) in [5, 5.41) is 1.47. The van der Waals surface area contributed by atoms with Crippen LogP contribution in [-0.2, 0) is 6.54 Å². The lowest BCUT2D eigenvalue weighted by molar-refractivity contribution is 0.233. The Labute approximate surface area is 223 Å². The van der Waals surface area contributed by atoms with E-state index in [1.807, 2.05) is 0 Å². The molecule has 0 amide bonds. The first-order valence-electron chi connectivity index (χ1n) is 15.1. The van der Waals surface area contributed by atoms with Crippen molar-refractivity contribution in [2.75, 3.05) is 44.2 Å². The molecule has 0 spiro atoms. The maximum atomic E-state index is 6.68. The molecule has 1 saturated heterocycles. The SMILES string of the molecule is CCCN(CCN1CCCCC1)c1cccc2c1OCCn1c-2c(C2CCCCC2)c2ccc(C)cc21. The van der Waals surface area contributed by atoms with Crippen molar-refractivity contribution in [1.82, 2.24) is 9.47 Å². The number of rotatable bonds is 7. The zero-order chi connectivity index (χ0) is 25.2. The van der Waals surface area contributed by atoms with Gasteiger partial charge in [0.25, 0.3) is 0 Å². The summed E-state index contributed by atoms with van der Waals surface area (Å²) in [5.41, 5.74) is 8.37. The van der Waals surface area contributed by atoms with Crippen LogP contribution in [-0.4, -0.2) is 48.8 Å². The van der Waals surface area contributed by atoms with E-state index in [0.717, 1.165) is 45.0 Å². The standard InChI is InChI=1S/C33H45N3O/c1-3-17-35(21-20-34-18-8-5-9-19-34)29-14-10-13-28-32-31(26-11-6-4-7-12-26)27-16-15-25(2)24-30(27)36(32)22-23-37-33(28)29/h10,13-16,24,26H,3-9,11-12,17-23H2,1-2H3. The minimum atomic E-state index is 0.649. The summed E-state index contributed by atoms with van der Waals surface area (Å²) in [5.74, 6) is 1.76. The van der Waals surface area contributed by atoms with Crippen molar-refractivity contribution in [3.63, 3.8) is 0 Å². The largest absolute Gasteiger partial charge is 0.489 e. The van der Waals surface area contributed by atoms with Crippen LogP contribution in [0.5, 0.6) is 5.75 Å². The van der Waals surface area contributed by atoms with Crippen molar-refractivity contribution in [2.45, 2.75) is 84.1 Å². The van der Waals surface area contributed by atoms with Crippen LogP contribution in [0.15, 0.2) is 36.4 Å². The van der Waals surface area contributed by atoms with E-state index in [2.05, 4.69) is 64.6 Å². The van der Waals surface area contributed by atoms with Gasteiger partial charge in [0.2, 0.25) is 0 Å². The highest BCUT2D eigenvalue weighted by molar-refractivity contribution is 5.95. The molecule has 4 heteroatoms. The Bertz CT molecular complexity index is 1220. The monoisotopic (exact) mass is 499 g/mol. The van der Waals surface area contributed by atoms with Crippen molar-refractivity contribution in [2.24, 2.45) is 0 Å². The van der Waals surface area contributed by atoms with Crippen LogP contribution < -0.4 is 9.64 Å². The van der Waals surface area contributed by atoms with Crippen LogP contribution in [0.3, 0.4) is 0 Å². The third kappa shape index (κ3) is 4.90. The van der Waals surface area contributed by atoms with Gasteiger partial charge in [-0.05, 0) is 87.4 Å². The molecular formula is C33H45N3O. The second-order valence-corrected chi connectivity index (χ2v) is 11.7. The zero-order valence-corrected chi connectivity index (χ0v) is 23.1. The minimum absolute atomic E-state index is 0.649. The zero-order valence-electron chi connectivity index (χ0n) is 23.1. The van der Waals surface area contributed by atoms with Gasteiger partial charge >= 0.3 is 0 Å². The van der Waals surface area contributed by atoms with Crippen molar-refractivity contribution >= 4 is 16.6 Å². The first-order valence-corrected chi connectivity index (χ1v) is 15.1. The topological polar surface area (TPSA) is 20.6 Å². The fraction of sp³-hybridized carbons (Fsp3) is 0.576. The van der Waals surface area contributed by atoms with Gasteiger partial charge in [0.1, 0.15) is 6.61 Å². The molecule has 1 aromatic heterocycles. The average Bonchev–Trinajstić information content (AvgIpc) is 3.12. The van der Waals surface area contributed by atoms with E-state index in [9.17, 15) is 0 Å². The number of anilines is 1. The smallest absolute Gasteiger partial charge is 0.152 e. The van der Waals surface area contributed by atoms with Gasteiger partial charge in [-0.2, -0.15) is 0 Å². The number of ether oxygens (including phenoxy) is 1. The summed E-state index contributed by atoms with van der Waals surface area (Å²) < 4.78 is 9.28. The fourth-order valence-corrected chi connectivity index (χ4v) is 7.23. The van der Waals surface area contributed by atoms with E-state index >= 15 is 0 Å². The third-order valence-electron chi connectivity index (χ3n) is 9.05. The van der Waals surface area contributed by atoms with Gasteiger partial charge in [-0.25, -0.2) is 0 Å². The lowest BCUT2D eigenvalue weighted by Gasteiger charge is -2.32. The first-order chi connectivity index (χ1) is 18.2. The van der Waals surface area contributed by atoms with E-state index in [4.69, 9.17) is 4.74 Å². The normalized spacial score (nSPS) is 18.8. The summed E-state index contributed by atoms with van der Waals surface area (Å²) >= 11 is 0. The minimum Gasteiger partial charge on any atom is -0.489 e. The number of hydrogen-bond acceptors (Lipinski definition) is 3. The molecule has 0 radical (unpaired) electrons. The van der Waals surface area contributed by atoms with Gasteiger partial charge < -0.3 is 19.1 Å². The molecule has 37 heavy (non-hydrogen) atoms. The van der Waals surface area contributed by atoms with Gasteiger partial charge in [-0.15, -0.1) is 0 Å². The van der Waals surface area contributed by atoms with Crippen LogP contribution in [0.1, 0.15) is 81.8 Å².